The van der Waals surface area contributed by atoms with Gasteiger partial charge in [0.15, 0.2) is 0 Å². The summed E-state index contributed by atoms with van der Waals surface area (Å²) in [5.74, 6) is 0. The van der Waals surface area contributed by atoms with Crippen molar-refractivity contribution in [2.75, 3.05) is 19.0 Å². The van der Waals surface area contributed by atoms with Crippen molar-refractivity contribution in [2.45, 2.75) is 38.3 Å². The number of carbonyl (C=O) groups excluding carboxylic acids is 1. The summed E-state index contributed by atoms with van der Waals surface area (Å²) in [6.45, 7) is 2.82. The quantitative estimate of drug-likeness (QED) is 0.891. The van der Waals surface area contributed by atoms with Gasteiger partial charge < -0.3 is 15.0 Å². The molecule has 0 aromatic heterocycles. The molecule has 2 amide bonds. The van der Waals surface area contributed by atoms with Crippen LogP contribution in [0.2, 0.25) is 0 Å². The minimum atomic E-state index is -0.0404. The number of amides is 2. The number of rotatable bonds is 5. The van der Waals surface area contributed by atoms with E-state index < -0.39 is 0 Å². The Balaban J connectivity index is 1.75. The van der Waals surface area contributed by atoms with E-state index in [1.165, 1.54) is 5.56 Å². The summed E-state index contributed by atoms with van der Waals surface area (Å²) >= 11 is 0. The average Bonchev–Trinajstić information content (AvgIpc) is 3.05. The molecule has 0 spiro atoms. The summed E-state index contributed by atoms with van der Waals surface area (Å²) in [5.41, 5.74) is 3.27. The molecule has 0 bridgehead atoms. The van der Waals surface area contributed by atoms with E-state index in [-0.39, 0.29) is 18.2 Å². The highest BCUT2D eigenvalue weighted by atomic mass is 16.5. The lowest BCUT2D eigenvalue weighted by Crippen LogP contribution is -2.43. The number of benzene rings is 2. The van der Waals surface area contributed by atoms with Crippen LogP contribution < -0.4 is 5.32 Å². The molecule has 3 rings (SSSR count). The number of hydrogen-bond acceptors (Lipinski definition) is 2. The number of aryl methyl sites for hydroxylation is 1. The maximum absolute atomic E-state index is 12.9. The Bertz CT molecular complexity index is 702. The number of methoxy groups -OCH3 is 1. The van der Waals surface area contributed by atoms with Gasteiger partial charge in [0.25, 0.3) is 0 Å². The maximum Gasteiger partial charge on any atom is 0.322 e. The standard InChI is InChI=1S/C21H26N2O2/c1-3-17-11-7-8-12-18(17)22-21(24)23-14-13-20(25-2)19(23)15-16-9-5-4-6-10-16/h4-12,19-20H,3,13-15H2,1-2H3,(H,22,24)/t19-,20+/m0/s1. The first-order chi connectivity index (χ1) is 12.2. The molecular formula is C21H26N2O2. The van der Waals surface area contributed by atoms with E-state index in [1.807, 2.05) is 41.3 Å². The van der Waals surface area contributed by atoms with Crippen molar-refractivity contribution in [1.82, 2.24) is 4.90 Å². The summed E-state index contributed by atoms with van der Waals surface area (Å²) in [6.07, 6.45) is 2.65. The summed E-state index contributed by atoms with van der Waals surface area (Å²) in [6, 6.07) is 18.3. The van der Waals surface area contributed by atoms with Crippen molar-refractivity contribution < 1.29 is 9.53 Å². The summed E-state index contributed by atoms with van der Waals surface area (Å²) in [7, 11) is 1.73. The van der Waals surface area contributed by atoms with E-state index >= 15 is 0 Å². The van der Waals surface area contributed by atoms with Crippen molar-refractivity contribution in [3.8, 4) is 0 Å². The van der Waals surface area contributed by atoms with Gasteiger partial charge in [0, 0.05) is 19.3 Å². The van der Waals surface area contributed by atoms with Gasteiger partial charge in [-0.15, -0.1) is 0 Å². The van der Waals surface area contributed by atoms with Gasteiger partial charge in [0.1, 0.15) is 0 Å². The average molecular weight is 338 g/mol. The molecule has 2 aromatic rings. The number of likely N-dealkylation sites (tertiary alicyclic amines) is 1. The van der Waals surface area contributed by atoms with Crippen LogP contribution in [-0.4, -0.2) is 36.7 Å². The molecule has 1 heterocycles. The highest BCUT2D eigenvalue weighted by molar-refractivity contribution is 5.90. The Morgan fingerprint density at radius 1 is 1.16 bits per heavy atom. The van der Waals surface area contributed by atoms with Crippen molar-refractivity contribution in [1.29, 1.82) is 0 Å². The van der Waals surface area contributed by atoms with Gasteiger partial charge >= 0.3 is 6.03 Å². The highest BCUT2D eigenvalue weighted by Crippen LogP contribution is 2.25. The molecule has 4 heteroatoms. The smallest absolute Gasteiger partial charge is 0.322 e. The van der Waals surface area contributed by atoms with E-state index in [9.17, 15) is 4.79 Å². The van der Waals surface area contributed by atoms with Gasteiger partial charge in [0.2, 0.25) is 0 Å². The summed E-state index contributed by atoms with van der Waals surface area (Å²) in [4.78, 5) is 14.8. The second kappa shape index (κ2) is 8.17. The van der Waals surface area contributed by atoms with Gasteiger partial charge in [-0.2, -0.15) is 0 Å². The normalized spacial score (nSPS) is 19.8. The van der Waals surface area contributed by atoms with Crippen LogP contribution in [0.15, 0.2) is 54.6 Å². The van der Waals surface area contributed by atoms with Gasteiger partial charge in [-0.3, -0.25) is 0 Å². The molecule has 132 valence electrons. The molecule has 1 saturated heterocycles. The van der Waals surface area contributed by atoms with Crippen molar-refractivity contribution in [2.24, 2.45) is 0 Å². The van der Waals surface area contributed by atoms with Crippen LogP contribution in [0.1, 0.15) is 24.5 Å². The van der Waals surface area contributed by atoms with E-state index in [0.717, 1.165) is 37.1 Å². The summed E-state index contributed by atoms with van der Waals surface area (Å²) in [5, 5.41) is 3.10. The second-order valence-electron chi connectivity index (χ2n) is 6.45. The van der Waals surface area contributed by atoms with Crippen LogP contribution in [0.3, 0.4) is 0 Å². The van der Waals surface area contributed by atoms with Crippen LogP contribution in [0.25, 0.3) is 0 Å². The van der Waals surface area contributed by atoms with Gasteiger partial charge in [0.05, 0.1) is 12.1 Å². The summed E-state index contributed by atoms with van der Waals surface area (Å²) < 4.78 is 5.65. The predicted octanol–water partition coefficient (Wildman–Crippen LogP) is 4.11. The van der Waals surface area contributed by atoms with Crippen LogP contribution in [0, 0.1) is 0 Å². The molecule has 0 saturated carbocycles. The van der Waals surface area contributed by atoms with Crippen LogP contribution >= 0.6 is 0 Å². The number of hydrogen-bond donors (Lipinski definition) is 1. The number of nitrogens with one attached hydrogen (secondary N) is 1. The zero-order valence-electron chi connectivity index (χ0n) is 14.9. The Morgan fingerprint density at radius 2 is 1.88 bits per heavy atom. The van der Waals surface area contributed by atoms with Crippen LogP contribution in [0.5, 0.6) is 0 Å². The molecule has 1 N–H and O–H groups in total. The van der Waals surface area contributed by atoms with Crippen molar-refractivity contribution in [3.05, 3.63) is 65.7 Å². The minimum absolute atomic E-state index is 0.0404. The Kier molecular flexibility index (Phi) is 5.71. The number of nitrogens with zero attached hydrogens (tertiary/aromatic N) is 1. The molecule has 0 aliphatic carbocycles. The lowest BCUT2D eigenvalue weighted by atomic mass is 10.0. The van der Waals surface area contributed by atoms with E-state index in [2.05, 4.69) is 30.4 Å². The molecule has 1 aliphatic rings. The van der Waals surface area contributed by atoms with E-state index in [0.29, 0.717) is 0 Å². The number of anilines is 1. The molecule has 1 fully saturated rings. The van der Waals surface area contributed by atoms with Crippen LogP contribution in [-0.2, 0) is 17.6 Å². The number of para-hydroxylation sites is 1. The second-order valence-corrected chi connectivity index (χ2v) is 6.45. The predicted molar refractivity (Wildman–Crippen MR) is 101 cm³/mol. The molecular weight excluding hydrogens is 312 g/mol. The fourth-order valence-corrected chi connectivity index (χ4v) is 3.59. The Hall–Kier alpha value is -2.33. The van der Waals surface area contributed by atoms with Gasteiger partial charge in [-0.05, 0) is 36.5 Å². The van der Waals surface area contributed by atoms with Gasteiger partial charge in [-0.1, -0.05) is 55.5 Å². The fourth-order valence-electron chi connectivity index (χ4n) is 3.59. The fraction of sp³-hybridized carbons (Fsp3) is 0.381. The topological polar surface area (TPSA) is 41.6 Å². The molecule has 2 aromatic carbocycles. The molecule has 2 atom stereocenters. The lowest BCUT2D eigenvalue weighted by molar-refractivity contribution is 0.0741. The monoisotopic (exact) mass is 338 g/mol. The molecule has 4 nitrogen and oxygen atoms in total. The first kappa shape index (κ1) is 17.5. The zero-order valence-corrected chi connectivity index (χ0v) is 14.9. The third kappa shape index (κ3) is 4.02. The van der Waals surface area contributed by atoms with Crippen LogP contribution in [0.4, 0.5) is 10.5 Å². The van der Waals surface area contributed by atoms with Gasteiger partial charge in [-0.25, -0.2) is 4.79 Å². The zero-order chi connectivity index (χ0) is 17.6. The molecule has 1 aliphatic heterocycles. The lowest BCUT2D eigenvalue weighted by Gasteiger charge is -2.28. The third-order valence-corrected chi connectivity index (χ3v) is 4.98. The highest BCUT2D eigenvalue weighted by Gasteiger charge is 2.37. The number of carbonyl (C=O) groups is 1. The Labute approximate surface area is 149 Å². The number of urea groups is 1. The Morgan fingerprint density at radius 3 is 2.60 bits per heavy atom. The first-order valence-corrected chi connectivity index (χ1v) is 8.95. The minimum Gasteiger partial charge on any atom is -0.379 e. The van der Waals surface area contributed by atoms with Crippen molar-refractivity contribution in [3.63, 3.8) is 0 Å². The van der Waals surface area contributed by atoms with E-state index in [4.69, 9.17) is 4.74 Å². The SMILES string of the molecule is CCc1ccccc1NC(=O)N1CC[C@@H](OC)[C@@H]1Cc1ccccc1. The third-order valence-electron chi connectivity index (χ3n) is 4.98. The molecule has 0 unspecified atom stereocenters. The largest absolute Gasteiger partial charge is 0.379 e. The molecule has 0 radical (unpaired) electrons. The first-order valence-electron chi connectivity index (χ1n) is 8.95. The number of ether oxygens (including phenoxy) is 1. The van der Waals surface area contributed by atoms with E-state index in [1.54, 1.807) is 7.11 Å². The maximum atomic E-state index is 12.9. The van der Waals surface area contributed by atoms with Crippen molar-refractivity contribution >= 4 is 11.7 Å². The molecule has 25 heavy (non-hydrogen) atoms.